The minimum absolute atomic E-state index is 0.0694. The molecule has 1 amide bonds. The molecule has 0 spiro atoms. The zero-order valence-corrected chi connectivity index (χ0v) is 18.7. The molecule has 0 heterocycles. The number of halogens is 2. The molecule has 0 radical (unpaired) electrons. The number of hydrogen-bond acceptors (Lipinski definition) is 3. The first-order valence-corrected chi connectivity index (χ1v) is 10.4. The first-order chi connectivity index (χ1) is 13.6. The van der Waals surface area contributed by atoms with Crippen LogP contribution >= 0.6 is 23.2 Å². The van der Waals surface area contributed by atoms with Gasteiger partial charge in [0.05, 0.1) is 5.56 Å². The van der Waals surface area contributed by atoms with Gasteiger partial charge in [0.25, 0.3) is 5.91 Å². The predicted molar refractivity (Wildman–Crippen MR) is 118 cm³/mol. The third kappa shape index (κ3) is 6.76. The summed E-state index contributed by atoms with van der Waals surface area (Å²) in [7, 11) is 0. The normalized spacial score (nSPS) is 13.4. The van der Waals surface area contributed by atoms with Crippen molar-refractivity contribution in [2.75, 3.05) is 6.54 Å². The van der Waals surface area contributed by atoms with Gasteiger partial charge in [-0.3, -0.25) is 4.79 Å². The van der Waals surface area contributed by atoms with E-state index in [-0.39, 0.29) is 23.3 Å². The lowest BCUT2D eigenvalue weighted by Crippen LogP contribution is -2.43. The second-order valence-electron chi connectivity index (χ2n) is 8.05. The van der Waals surface area contributed by atoms with Gasteiger partial charge >= 0.3 is 5.97 Å². The smallest absolute Gasteiger partial charge is 0.338 e. The highest BCUT2D eigenvalue weighted by Gasteiger charge is 2.34. The Bertz CT molecular complexity index is 827. The third-order valence-corrected chi connectivity index (χ3v) is 5.39. The summed E-state index contributed by atoms with van der Waals surface area (Å²) in [6.45, 7) is 8.58. The average molecular weight is 436 g/mol. The monoisotopic (exact) mass is 435 g/mol. The summed E-state index contributed by atoms with van der Waals surface area (Å²) in [4.78, 5) is 25.1. The van der Waals surface area contributed by atoms with Gasteiger partial charge in [0, 0.05) is 28.1 Å². The van der Waals surface area contributed by atoms with E-state index in [0.29, 0.717) is 34.1 Å². The van der Waals surface area contributed by atoms with Gasteiger partial charge in [0.1, 0.15) is 6.10 Å². The fraction of sp³-hybridized carbons (Fsp3) is 0.391. The first kappa shape index (κ1) is 23.2. The molecule has 2 unspecified atom stereocenters. The molecule has 0 aromatic heterocycles. The Morgan fingerprint density at radius 3 is 1.86 bits per heavy atom. The zero-order valence-electron chi connectivity index (χ0n) is 17.2. The number of benzene rings is 2. The van der Waals surface area contributed by atoms with Gasteiger partial charge in [-0.1, -0.05) is 50.9 Å². The molecule has 0 saturated heterocycles. The lowest BCUT2D eigenvalue weighted by atomic mass is 9.76. The van der Waals surface area contributed by atoms with Crippen molar-refractivity contribution >= 4 is 35.1 Å². The standard InChI is InChI=1S/C23H27Cl2NO3/c1-5-20(29-22(28)16-8-12-18(25)13-9-16)19(23(2,3)4)14-26-21(27)15-6-10-17(24)11-7-15/h6-13,19-20H,5,14H2,1-4H3,(H,26,27). The molecule has 0 aliphatic rings. The van der Waals surface area contributed by atoms with Crippen LogP contribution < -0.4 is 5.32 Å². The second kappa shape index (κ2) is 10.1. The van der Waals surface area contributed by atoms with E-state index in [0.717, 1.165) is 0 Å². The molecular formula is C23H27Cl2NO3. The molecule has 2 aromatic rings. The highest BCUT2D eigenvalue weighted by molar-refractivity contribution is 6.31. The van der Waals surface area contributed by atoms with Crippen LogP contribution in [0.1, 0.15) is 54.8 Å². The van der Waals surface area contributed by atoms with E-state index < -0.39 is 5.97 Å². The Morgan fingerprint density at radius 2 is 1.41 bits per heavy atom. The highest BCUT2D eigenvalue weighted by Crippen LogP contribution is 2.32. The van der Waals surface area contributed by atoms with E-state index in [4.69, 9.17) is 27.9 Å². The van der Waals surface area contributed by atoms with Gasteiger partial charge in [-0.05, 0) is 60.4 Å². The van der Waals surface area contributed by atoms with E-state index in [1.54, 1.807) is 48.5 Å². The number of hydrogen-bond donors (Lipinski definition) is 1. The summed E-state index contributed by atoms with van der Waals surface area (Å²) in [5, 5.41) is 4.11. The molecule has 0 aliphatic carbocycles. The van der Waals surface area contributed by atoms with Crippen LogP contribution in [0.4, 0.5) is 0 Å². The summed E-state index contributed by atoms with van der Waals surface area (Å²) in [6, 6.07) is 13.3. The summed E-state index contributed by atoms with van der Waals surface area (Å²) in [5.41, 5.74) is 0.799. The number of esters is 1. The maximum Gasteiger partial charge on any atom is 0.338 e. The van der Waals surface area contributed by atoms with Crippen LogP contribution in [-0.2, 0) is 4.74 Å². The first-order valence-electron chi connectivity index (χ1n) is 9.62. The number of ether oxygens (including phenoxy) is 1. The van der Waals surface area contributed by atoms with Crippen LogP contribution in [0.25, 0.3) is 0 Å². The van der Waals surface area contributed by atoms with E-state index in [1.165, 1.54) is 0 Å². The van der Waals surface area contributed by atoms with E-state index in [2.05, 4.69) is 26.1 Å². The van der Waals surface area contributed by atoms with Crippen molar-refractivity contribution in [1.82, 2.24) is 5.32 Å². The van der Waals surface area contributed by atoms with E-state index >= 15 is 0 Å². The van der Waals surface area contributed by atoms with E-state index in [1.807, 2.05) is 6.92 Å². The minimum atomic E-state index is -0.396. The number of carbonyl (C=O) groups is 2. The van der Waals surface area contributed by atoms with Gasteiger partial charge < -0.3 is 10.1 Å². The maximum absolute atomic E-state index is 12.6. The Labute approximate surface area is 182 Å². The van der Waals surface area contributed by atoms with Crippen LogP contribution in [0.15, 0.2) is 48.5 Å². The molecule has 0 saturated carbocycles. The number of rotatable bonds is 7. The van der Waals surface area contributed by atoms with Gasteiger partial charge in [0.15, 0.2) is 0 Å². The van der Waals surface area contributed by atoms with Crippen molar-refractivity contribution in [3.05, 3.63) is 69.7 Å². The fourth-order valence-corrected chi connectivity index (χ4v) is 3.39. The lowest BCUT2D eigenvalue weighted by molar-refractivity contribution is -0.00853. The largest absolute Gasteiger partial charge is 0.458 e. The zero-order chi connectivity index (χ0) is 21.6. The number of nitrogens with one attached hydrogen (secondary N) is 1. The molecule has 29 heavy (non-hydrogen) atoms. The van der Waals surface area contributed by atoms with Crippen LogP contribution in [0.3, 0.4) is 0 Å². The van der Waals surface area contributed by atoms with Gasteiger partial charge in [-0.2, -0.15) is 0 Å². The van der Waals surface area contributed by atoms with Crippen LogP contribution in [0.5, 0.6) is 0 Å². The Balaban J connectivity index is 2.10. The van der Waals surface area contributed by atoms with E-state index in [9.17, 15) is 9.59 Å². The summed E-state index contributed by atoms with van der Waals surface area (Å²) < 4.78 is 5.82. The lowest BCUT2D eigenvalue weighted by Gasteiger charge is -2.36. The molecule has 156 valence electrons. The number of amides is 1. The van der Waals surface area contributed by atoms with Crippen LogP contribution in [-0.4, -0.2) is 24.5 Å². The molecule has 1 N–H and O–H groups in total. The maximum atomic E-state index is 12.6. The summed E-state index contributed by atoms with van der Waals surface area (Å²) in [5.74, 6) is -0.651. The topological polar surface area (TPSA) is 55.4 Å². The summed E-state index contributed by atoms with van der Waals surface area (Å²) >= 11 is 11.8. The Hall–Kier alpha value is -2.04. The third-order valence-electron chi connectivity index (χ3n) is 4.89. The minimum Gasteiger partial charge on any atom is -0.458 e. The fourth-order valence-electron chi connectivity index (χ4n) is 3.14. The van der Waals surface area contributed by atoms with Gasteiger partial charge in [-0.25, -0.2) is 4.79 Å². The van der Waals surface area contributed by atoms with Gasteiger partial charge in [0.2, 0.25) is 0 Å². The molecule has 2 atom stereocenters. The SMILES string of the molecule is CCC(OC(=O)c1ccc(Cl)cc1)C(CNC(=O)c1ccc(Cl)cc1)C(C)(C)C. The molecule has 4 nitrogen and oxygen atoms in total. The van der Waals surface area contributed by atoms with Gasteiger partial charge in [-0.15, -0.1) is 0 Å². The second-order valence-corrected chi connectivity index (χ2v) is 8.92. The quantitative estimate of drug-likeness (QED) is 0.540. The molecule has 0 bridgehead atoms. The van der Waals surface area contributed by atoms with Crippen molar-refractivity contribution in [3.63, 3.8) is 0 Å². The van der Waals surface area contributed by atoms with Crippen molar-refractivity contribution < 1.29 is 14.3 Å². The predicted octanol–water partition coefficient (Wildman–Crippen LogP) is 6.02. The molecule has 2 rings (SSSR count). The molecule has 0 aliphatic heterocycles. The highest BCUT2D eigenvalue weighted by atomic mass is 35.5. The molecule has 0 fully saturated rings. The van der Waals surface area contributed by atoms with Crippen molar-refractivity contribution in [3.8, 4) is 0 Å². The Kier molecular flexibility index (Phi) is 8.12. The Morgan fingerprint density at radius 1 is 0.931 bits per heavy atom. The van der Waals surface area contributed by atoms with Crippen molar-refractivity contribution in [1.29, 1.82) is 0 Å². The molecular weight excluding hydrogens is 409 g/mol. The van der Waals surface area contributed by atoms with Crippen LogP contribution in [0.2, 0.25) is 10.0 Å². The molecule has 6 heteroatoms. The van der Waals surface area contributed by atoms with Crippen molar-refractivity contribution in [2.45, 2.75) is 40.2 Å². The molecule has 2 aromatic carbocycles. The summed E-state index contributed by atoms with van der Waals surface area (Å²) in [6.07, 6.45) is 0.293. The number of carbonyl (C=O) groups excluding carboxylic acids is 2. The van der Waals surface area contributed by atoms with Crippen LogP contribution in [0, 0.1) is 11.3 Å². The van der Waals surface area contributed by atoms with Crippen molar-refractivity contribution in [2.24, 2.45) is 11.3 Å². The average Bonchev–Trinajstić information content (AvgIpc) is 2.67.